The van der Waals surface area contributed by atoms with Crippen molar-refractivity contribution >= 4 is 33.2 Å². The van der Waals surface area contributed by atoms with E-state index < -0.39 is 33.4 Å². The molecule has 1 unspecified atom stereocenters. The zero-order valence-corrected chi connectivity index (χ0v) is 23.6. The lowest BCUT2D eigenvalue weighted by Gasteiger charge is -2.33. The monoisotopic (exact) mass is 566 g/mol. The maximum Gasteiger partial charge on any atom is 0.271 e. The first-order chi connectivity index (χ1) is 19.0. The average molecular weight is 567 g/mol. The fraction of sp³-hybridized carbons (Fsp3) is 0.310. The largest absolute Gasteiger partial charge is 0.354 e. The van der Waals surface area contributed by atoms with Gasteiger partial charge in [0.05, 0.1) is 16.9 Å². The number of non-ortho nitro benzene ring substituents is 1. The normalized spacial score (nSPS) is 11.9. The Labute approximate surface area is 234 Å². The highest BCUT2D eigenvalue weighted by Crippen LogP contribution is 2.24. The summed E-state index contributed by atoms with van der Waals surface area (Å²) < 4.78 is 26.5. The van der Waals surface area contributed by atoms with E-state index in [0.717, 1.165) is 33.3 Å². The second-order valence-electron chi connectivity index (χ2n) is 9.49. The number of nitro benzene ring substituents is 1. The van der Waals surface area contributed by atoms with Gasteiger partial charge >= 0.3 is 0 Å². The van der Waals surface area contributed by atoms with Crippen molar-refractivity contribution in [3.05, 3.63) is 106 Å². The lowest BCUT2D eigenvalue weighted by molar-refractivity contribution is -0.384. The van der Waals surface area contributed by atoms with Crippen molar-refractivity contribution in [1.29, 1.82) is 0 Å². The molecule has 0 fully saturated rings. The Morgan fingerprint density at radius 1 is 1.00 bits per heavy atom. The van der Waals surface area contributed by atoms with Gasteiger partial charge in [0.1, 0.15) is 12.6 Å². The SMILES string of the molecule is CCCNC(=O)C(Cc1ccccc1)N(Cc1ccccc1C)C(=O)CN(c1cccc([N+](=O)[O-])c1)S(C)(=O)=O. The first-order valence-electron chi connectivity index (χ1n) is 12.9. The van der Waals surface area contributed by atoms with E-state index >= 15 is 0 Å². The molecule has 2 amide bonds. The molecule has 11 heteroatoms. The maximum absolute atomic E-state index is 14.0. The molecule has 0 saturated heterocycles. The molecule has 0 radical (unpaired) electrons. The molecule has 0 aliphatic heterocycles. The highest BCUT2D eigenvalue weighted by molar-refractivity contribution is 7.92. The van der Waals surface area contributed by atoms with Crippen molar-refractivity contribution < 1.29 is 22.9 Å². The first-order valence-corrected chi connectivity index (χ1v) is 14.7. The van der Waals surface area contributed by atoms with Gasteiger partial charge in [-0.15, -0.1) is 0 Å². The Balaban J connectivity index is 2.07. The first kappa shape index (κ1) is 30.3. The Kier molecular flexibility index (Phi) is 10.4. The van der Waals surface area contributed by atoms with Gasteiger partial charge in [-0.1, -0.05) is 67.6 Å². The van der Waals surface area contributed by atoms with Crippen LogP contribution in [0.1, 0.15) is 30.0 Å². The standard InChI is InChI=1S/C29H34N4O6S/c1-4-17-30-29(35)27(18-23-12-6-5-7-13-23)31(20-24-14-9-8-11-22(24)2)28(34)21-32(40(3,38)39)25-15-10-16-26(19-25)33(36)37/h5-16,19,27H,4,17-18,20-21H2,1-3H3,(H,30,35). The number of anilines is 1. The minimum Gasteiger partial charge on any atom is -0.354 e. The van der Waals surface area contributed by atoms with Gasteiger partial charge in [0.2, 0.25) is 21.8 Å². The van der Waals surface area contributed by atoms with Gasteiger partial charge in [-0.3, -0.25) is 24.0 Å². The lowest BCUT2D eigenvalue weighted by Crippen LogP contribution is -2.53. The van der Waals surface area contributed by atoms with Crippen molar-refractivity contribution in [1.82, 2.24) is 10.2 Å². The number of hydrogen-bond acceptors (Lipinski definition) is 6. The molecule has 0 saturated carbocycles. The third kappa shape index (κ3) is 8.12. The third-order valence-corrected chi connectivity index (χ3v) is 7.57. The van der Waals surface area contributed by atoms with E-state index in [1.165, 1.54) is 23.1 Å². The van der Waals surface area contributed by atoms with Crippen molar-refractivity contribution in [2.75, 3.05) is 23.7 Å². The summed E-state index contributed by atoms with van der Waals surface area (Å²) in [5, 5.41) is 14.2. The Morgan fingerprint density at radius 3 is 2.30 bits per heavy atom. The molecule has 3 aromatic carbocycles. The van der Waals surface area contributed by atoms with Crippen LogP contribution in [0.3, 0.4) is 0 Å². The molecule has 0 aliphatic carbocycles. The molecule has 0 aliphatic rings. The van der Waals surface area contributed by atoms with Crippen molar-refractivity contribution in [2.24, 2.45) is 0 Å². The molecule has 0 spiro atoms. The second kappa shape index (κ2) is 13.7. The van der Waals surface area contributed by atoms with Crippen molar-refractivity contribution in [3.8, 4) is 0 Å². The molecule has 0 heterocycles. The molecule has 3 rings (SSSR count). The number of nitrogens with one attached hydrogen (secondary N) is 1. The zero-order chi connectivity index (χ0) is 29.3. The Morgan fingerprint density at radius 2 is 1.68 bits per heavy atom. The number of nitrogens with zero attached hydrogens (tertiary/aromatic N) is 3. The number of amides is 2. The third-order valence-electron chi connectivity index (χ3n) is 6.43. The summed E-state index contributed by atoms with van der Waals surface area (Å²) in [6.07, 6.45) is 1.84. The van der Waals surface area contributed by atoms with Gasteiger partial charge in [-0.05, 0) is 36.1 Å². The highest BCUT2D eigenvalue weighted by atomic mass is 32.2. The lowest BCUT2D eigenvalue weighted by atomic mass is 10.0. The number of nitro groups is 1. The number of carbonyl (C=O) groups is 2. The van der Waals surface area contributed by atoms with Crippen LogP contribution in [0, 0.1) is 17.0 Å². The fourth-order valence-corrected chi connectivity index (χ4v) is 5.11. The van der Waals surface area contributed by atoms with E-state index in [1.54, 1.807) is 0 Å². The topological polar surface area (TPSA) is 130 Å². The van der Waals surface area contributed by atoms with Crippen molar-refractivity contribution in [3.63, 3.8) is 0 Å². The molecule has 3 aromatic rings. The maximum atomic E-state index is 14.0. The summed E-state index contributed by atoms with van der Waals surface area (Å²) >= 11 is 0. The van der Waals surface area contributed by atoms with E-state index in [9.17, 15) is 28.1 Å². The molecule has 1 N–H and O–H groups in total. The number of carbonyl (C=O) groups excluding carboxylic acids is 2. The van der Waals surface area contributed by atoms with Crippen LogP contribution in [-0.4, -0.2) is 55.4 Å². The molecule has 212 valence electrons. The number of aryl methyl sites for hydroxylation is 1. The predicted molar refractivity (Wildman–Crippen MR) is 154 cm³/mol. The van der Waals surface area contributed by atoms with E-state index in [-0.39, 0.29) is 30.2 Å². The van der Waals surface area contributed by atoms with Crippen LogP contribution in [0.25, 0.3) is 0 Å². The van der Waals surface area contributed by atoms with Crippen LogP contribution in [-0.2, 0) is 32.6 Å². The Hall–Kier alpha value is -4.25. The summed E-state index contributed by atoms with van der Waals surface area (Å²) in [5.74, 6) is -0.971. The van der Waals surface area contributed by atoms with Crippen LogP contribution >= 0.6 is 0 Å². The van der Waals surface area contributed by atoms with Gasteiger partial charge in [0.25, 0.3) is 5.69 Å². The number of sulfonamides is 1. The second-order valence-corrected chi connectivity index (χ2v) is 11.4. The zero-order valence-electron chi connectivity index (χ0n) is 22.8. The van der Waals surface area contributed by atoms with Gasteiger partial charge < -0.3 is 10.2 Å². The average Bonchev–Trinajstić information content (AvgIpc) is 2.93. The summed E-state index contributed by atoms with van der Waals surface area (Å²) in [6, 6.07) is 20.9. The molecular formula is C29H34N4O6S. The van der Waals surface area contributed by atoms with Crippen LogP contribution in [0.4, 0.5) is 11.4 Å². The summed E-state index contributed by atoms with van der Waals surface area (Å²) in [4.78, 5) is 39.6. The predicted octanol–water partition coefficient (Wildman–Crippen LogP) is 3.84. The van der Waals surface area contributed by atoms with E-state index in [1.807, 2.05) is 68.4 Å². The van der Waals surface area contributed by atoms with Crippen molar-refractivity contribution in [2.45, 2.75) is 39.3 Å². The summed E-state index contributed by atoms with van der Waals surface area (Å²) in [5.41, 5.74) is 2.22. The van der Waals surface area contributed by atoms with Gasteiger partial charge in [-0.25, -0.2) is 8.42 Å². The van der Waals surface area contributed by atoms with Crippen LogP contribution in [0.15, 0.2) is 78.9 Å². The van der Waals surface area contributed by atoms with E-state index in [0.29, 0.717) is 13.0 Å². The molecular weight excluding hydrogens is 532 g/mol. The fourth-order valence-electron chi connectivity index (χ4n) is 4.27. The number of hydrogen-bond donors (Lipinski definition) is 1. The quantitative estimate of drug-likeness (QED) is 0.247. The molecule has 0 bridgehead atoms. The van der Waals surface area contributed by atoms with E-state index in [2.05, 4.69) is 5.32 Å². The van der Waals surface area contributed by atoms with Crippen LogP contribution in [0.2, 0.25) is 0 Å². The minimum absolute atomic E-state index is 0.0177. The van der Waals surface area contributed by atoms with Gasteiger partial charge in [-0.2, -0.15) is 0 Å². The number of rotatable bonds is 13. The molecule has 1 atom stereocenters. The summed E-state index contributed by atoms with van der Waals surface area (Å²) in [6.45, 7) is 3.66. The minimum atomic E-state index is -4.03. The number of benzene rings is 3. The summed E-state index contributed by atoms with van der Waals surface area (Å²) in [7, 11) is -4.03. The molecule has 40 heavy (non-hydrogen) atoms. The highest BCUT2D eigenvalue weighted by Gasteiger charge is 2.33. The Bertz CT molecular complexity index is 1450. The molecule has 0 aromatic heterocycles. The van der Waals surface area contributed by atoms with Crippen LogP contribution < -0.4 is 9.62 Å². The van der Waals surface area contributed by atoms with Gasteiger partial charge in [0, 0.05) is 31.6 Å². The van der Waals surface area contributed by atoms with Gasteiger partial charge in [0.15, 0.2) is 0 Å². The van der Waals surface area contributed by atoms with E-state index in [4.69, 9.17) is 0 Å². The molecule has 10 nitrogen and oxygen atoms in total. The smallest absolute Gasteiger partial charge is 0.271 e. The van der Waals surface area contributed by atoms with Crippen LogP contribution in [0.5, 0.6) is 0 Å².